The molecule has 1 aliphatic rings. The third-order valence-corrected chi connectivity index (χ3v) is 6.32. The van der Waals surface area contributed by atoms with Crippen LogP contribution in [0.1, 0.15) is 53.9 Å². The fraction of sp³-hybridized carbons (Fsp3) is 0.360. The Morgan fingerprint density at radius 1 is 1.13 bits per heavy atom. The van der Waals surface area contributed by atoms with Gasteiger partial charge in [0.15, 0.2) is 11.2 Å². The number of halogens is 1. The molecule has 0 radical (unpaired) electrons. The van der Waals surface area contributed by atoms with E-state index >= 15 is 0 Å². The Balaban J connectivity index is 1.56. The molecule has 5 nitrogen and oxygen atoms in total. The van der Waals surface area contributed by atoms with Crippen LogP contribution in [0.3, 0.4) is 0 Å². The lowest BCUT2D eigenvalue weighted by molar-refractivity contribution is 0.0897. The summed E-state index contributed by atoms with van der Waals surface area (Å²) in [6, 6.07) is 14.5. The van der Waals surface area contributed by atoms with Crippen molar-refractivity contribution < 1.29 is 9.21 Å². The molecule has 162 valence electrons. The molecule has 1 saturated heterocycles. The number of carbonyl (C=O) groups excluding carboxylic acids is 1. The van der Waals surface area contributed by atoms with Gasteiger partial charge in [-0.05, 0) is 61.7 Å². The van der Waals surface area contributed by atoms with Gasteiger partial charge in [-0.3, -0.25) is 14.5 Å². The van der Waals surface area contributed by atoms with Gasteiger partial charge in [-0.15, -0.1) is 0 Å². The lowest BCUT2D eigenvalue weighted by Gasteiger charge is -2.35. The number of carbonyl (C=O) groups is 1. The number of benzene rings is 2. The molecule has 0 bridgehead atoms. The van der Waals surface area contributed by atoms with Crippen LogP contribution in [0.25, 0.3) is 11.0 Å². The highest BCUT2D eigenvalue weighted by molar-refractivity contribution is 6.31. The van der Waals surface area contributed by atoms with Crippen molar-refractivity contribution in [1.82, 2.24) is 10.2 Å². The molecule has 1 aromatic heterocycles. The Hall–Kier alpha value is -2.63. The number of piperidine rings is 1. The van der Waals surface area contributed by atoms with Crippen molar-refractivity contribution in [3.05, 3.63) is 80.7 Å². The maximum Gasteiger partial charge on any atom is 0.287 e. The number of nitrogens with one attached hydrogen (secondary N) is 1. The summed E-state index contributed by atoms with van der Waals surface area (Å²) in [5.74, 6) is -0.370. The number of hydrogen-bond acceptors (Lipinski definition) is 4. The monoisotopic (exact) mass is 438 g/mol. The number of likely N-dealkylation sites (tertiary alicyclic amines) is 1. The summed E-state index contributed by atoms with van der Waals surface area (Å²) in [5.41, 5.74) is 2.27. The summed E-state index contributed by atoms with van der Waals surface area (Å²) in [5, 5.41) is 4.15. The molecule has 0 aliphatic carbocycles. The second-order valence-corrected chi connectivity index (χ2v) is 8.41. The van der Waals surface area contributed by atoms with Crippen molar-refractivity contribution in [1.29, 1.82) is 0 Å². The number of aryl methyl sites for hydroxylation is 1. The van der Waals surface area contributed by atoms with E-state index in [1.807, 2.05) is 43.3 Å². The predicted molar refractivity (Wildman–Crippen MR) is 124 cm³/mol. The highest BCUT2D eigenvalue weighted by Gasteiger charge is 2.25. The molecule has 2 aromatic carbocycles. The van der Waals surface area contributed by atoms with Gasteiger partial charge in [0.05, 0.1) is 11.4 Å². The van der Waals surface area contributed by atoms with Crippen molar-refractivity contribution in [2.24, 2.45) is 0 Å². The molecule has 1 unspecified atom stereocenters. The van der Waals surface area contributed by atoms with Crippen LogP contribution in [0.15, 0.2) is 57.7 Å². The van der Waals surface area contributed by atoms with Crippen molar-refractivity contribution in [3.8, 4) is 0 Å². The minimum Gasteiger partial charge on any atom is -0.451 e. The molecule has 1 atom stereocenters. The molecule has 1 N–H and O–H groups in total. The number of nitrogens with zero attached hydrogens (tertiary/aromatic N) is 1. The minimum absolute atomic E-state index is 0.0262. The maximum absolute atomic E-state index is 12.9. The second kappa shape index (κ2) is 9.67. The molecule has 6 heteroatoms. The van der Waals surface area contributed by atoms with Crippen LogP contribution in [0.4, 0.5) is 0 Å². The molecular weight excluding hydrogens is 412 g/mol. The maximum atomic E-state index is 12.9. The van der Waals surface area contributed by atoms with E-state index in [0.717, 1.165) is 43.5 Å². The van der Waals surface area contributed by atoms with Crippen LogP contribution in [-0.2, 0) is 6.42 Å². The molecule has 2 heterocycles. The van der Waals surface area contributed by atoms with E-state index in [-0.39, 0.29) is 17.2 Å². The van der Waals surface area contributed by atoms with Gasteiger partial charge in [-0.1, -0.05) is 49.2 Å². The molecular formula is C25H27ClN2O3. The summed E-state index contributed by atoms with van der Waals surface area (Å²) in [7, 11) is 0. The molecule has 3 aromatic rings. The number of hydrogen-bond donors (Lipinski definition) is 1. The lowest BCUT2D eigenvalue weighted by atomic mass is 10.0. The summed E-state index contributed by atoms with van der Waals surface area (Å²) in [6.07, 6.45) is 4.32. The van der Waals surface area contributed by atoms with Gasteiger partial charge in [0.2, 0.25) is 0 Å². The van der Waals surface area contributed by atoms with Crippen LogP contribution < -0.4 is 10.7 Å². The number of amides is 1. The average Bonchev–Trinajstić information content (AvgIpc) is 2.80. The molecule has 4 rings (SSSR count). The average molecular weight is 439 g/mol. The van der Waals surface area contributed by atoms with Gasteiger partial charge in [-0.2, -0.15) is 0 Å². The van der Waals surface area contributed by atoms with Crippen LogP contribution in [0.2, 0.25) is 5.02 Å². The number of fused-ring (bicyclic) bond motifs is 1. The first-order valence-electron chi connectivity index (χ1n) is 10.9. The zero-order valence-electron chi connectivity index (χ0n) is 17.7. The van der Waals surface area contributed by atoms with Crippen molar-refractivity contribution in [2.75, 3.05) is 19.6 Å². The van der Waals surface area contributed by atoms with Gasteiger partial charge in [0, 0.05) is 17.6 Å². The van der Waals surface area contributed by atoms with Crippen LogP contribution in [-0.4, -0.2) is 30.4 Å². The van der Waals surface area contributed by atoms with Gasteiger partial charge < -0.3 is 9.73 Å². The van der Waals surface area contributed by atoms with Gasteiger partial charge in [0.1, 0.15) is 5.58 Å². The van der Waals surface area contributed by atoms with Gasteiger partial charge >= 0.3 is 0 Å². The van der Waals surface area contributed by atoms with E-state index in [0.29, 0.717) is 22.5 Å². The quantitative estimate of drug-likeness (QED) is 0.590. The van der Waals surface area contributed by atoms with Crippen molar-refractivity contribution in [2.45, 2.75) is 38.6 Å². The Bertz CT molecular complexity index is 1140. The van der Waals surface area contributed by atoms with E-state index in [9.17, 15) is 9.59 Å². The normalized spacial score (nSPS) is 15.7. The second-order valence-electron chi connectivity index (χ2n) is 8.00. The predicted octanol–water partition coefficient (Wildman–Crippen LogP) is 4.97. The van der Waals surface area contributed by atoms with Crippen LogP contribution >= 0.6 is 11.6 Å². The summed E-state index contributed by atoms with van der Waals surface area (Å²) < 4.78 is 5.76. The standard InChI is InChI=1S/C25H27ClN2O3/c1-2-17-10-11-23-19(14-17)22(29)15-24(31-23)25(30)27-16-21(28-12-6-3-7-13-28)18-8-4-5-9-20(18)26/h4-5,8-11,14-15,21H,2-3,6-7,12-13,16H2,1H3,(H,27,30). The SMILES string of the molecule is CCc1ccc2oc(C(=O)NCC(c3ccccc3Cl)N3CCCCC3)cc(=O)c2c1. The fourth-order valence-corrected chi connectivity index (χ4v) is 4.48. The first kappa shape index (κ1) is 21.6. The Morgan fingerprint density at radius 3 is 2.65 bits per heavy atom. The number of rotatable bonds is 6. The Kier molecular flexibility index (Phi) is 6.73. The minimum atomic E-state index is -0.396. The smallest absolute Gasteiger partial charge is 0.287 e. The topological polar surface area (TPSA) is 62.6 Å². The molecule has 0 saturated carbocycles. The third kappa shape index (κ3) is 4.83. The zero-order valence-corrected chi connectivity index (χ0v) is 18.5. The summed E-state index contributed by atoms with van der Waals surface area (Å²) >= 11 is 6.48. The largest absolute Gasteiger partial charge is 0.451 e. The lowest BCUT2D eigenvalue weighted by Crippen LogP contribution is -2.40. The van der Waals surface area contributed by atoms with Crippen molar-refractivity contribution >= 4 is 28.5 Å². The Labute approximate surface area is 187 Å². The van der Waals surface area contributed by atoms with E-state index in [4.69, 9.17) is 16.0 Å². The molecule has 31 heavy (non-hydrogen) atoms. The molecule has 1 amide bonds. The van der Waals surface area contributed by atoms with E-state index in [1.54, 1.807) is 6.07 Å². The van der Waals surface area contributed by atoms with Gasteiger partial charge in [-0.25, -0.2) is 0 Å². The van der Waals surface area contributed by atoms with Crippen LogP contribution in [0.5, 0.6) is 0 Å². The highest BCUT2D eigenvalue weighted by atomic mass is 35.5. The Morgan fingerprint density at radius 2 is 1.90 bits per heavy atom. The first-order chi connectivity index (χ1) is 15.1. The van der Waals surface area contributed by atoms with E-state index in [2.05, 4.69) is 10.2 Å². The third-order valence-electron chi connectivity index (χ3n) is 5.98. The fourth-order valence-electron chi connectivity index (χ4n) is 4.22. The summed E-state index contributed by atoms with van der Waals surface area (Å²) in [4.78, 5) is 27.8. The molecule has 0 spiro atoms. The zero-order chi connectivity index (χ0) is 21.8. The van der Waals surface area contributed by atoms with Gasteiger partial charge in [0.25, 0.3) is 5.91 Å². The van der Waals surface area contributed by atoms with E-state index in [1.165, 1.54) is 12.5 Å². The first-order valence-corrected chi connectivity index (χ1v) is 11.3. The van der Waals surface area contributed by atoms with Crippen molar-refractivity contribution in [3.63, 3.8) is 0 Å². The van der Waals surface area contributed by atoms with Crippen LogP contribution in [0, 0.1) is 0 Å². The summed E-state index contributed by atoms with van der Waals surface area (Å²) in [6.45, 7) is 4.36. The van der Waals surface area contributed by atoms with E-state index < -0.39 is 5.91 Å². The highest BCUT2D eigenvalue weighted by Crippen LogP contribution is 2.29. The molecule has 1 fully saturated rings. The molecule has 1 aliphatic heterocycles.